The molecule has 0 saturated heterocycles. The molecule has 1 amide bonds. The molecule has 0 rings (SSSR count). The third-order valence-electron chi connectivity index (χ3n) is 1.38. The van der Waals surface area contributed by atoms with Gasteiger partial charge in [-0.15, -0.1) is 0 Å². The first-order chi connectivity index (χ1) is 5.57. The Morgan fingerprint density at radius 2 is 2.08 bits per heavy atom. The van der Waals surface area contributed by atoms with Crippen molar-refractivity contribution in [3.8, 4) is 0 Å². The Kier molecular flexibility index (Phi) is 5.08. The summed E-state index contributed by atoms with van der Waals surface area (Å²) in [5.41, 5.74) is 0. The van der Waals surface area contributed by atoms with Gasteiger partial charge >= 0.3 is 6.09 Å². The standard InChI is InChI=1S/C8H15NO3/c1-4-5-12-8(11)9-6(2)7(3)10/h6H,4-5H2,1-3H3,(H,9,11). The van der Waals surface area contributed by atoms with Gasteiger partial charge in [-0.2, -0.15) is 0 Å². The highest BCUT2D eigenvalue weighted by Gasteiger charge is 2.10. The van der Waals surface area contributed by atoms with Crippen LogP contribution in [-0.4, -0.2) is 24.5 Å². The lowest BCUT2D eigenvalue weighted by molar-refractivity contribution is -0.118. The summed E-state index contributed by atoms with van der Waals surface area (Å²) in [6.07, 6.45) is 0.251. The minimum Gasteiger partial charge on any atom is -0.450 e. The van der Waals surface area contributed by atoms with Gasteiger partial charge in [0.2, 0.25) is 0 Å². The van der Waals surface area contributed by atoms with E-state index in [9.17, 15) is 9.59 Å². The molecule has 0 bridgehead atoms. The molecule has 0 spiro atoms. The highest BCUT2D eigenvalue weighted by atomic mass is 16.5. The molecule has 0 aromatic carbocycles. The van der Waals surface area contributed by atoms with Crippen molar-refractivity contribution in [2.75, 3.05) is 6.61 Å². The number of carbonyl (C=O) groups is 2. The summed E-state index contributed by atoms with van der Waals surface area (Å²) >= 11 is 0. The van der Waals surface area contributed by atoms with Gasteiger partial charge in [0.25, 0.3) is 0 Å². The third kappa shape index (κ3) is 4.71. The lowest BCUT2D eigenvalue weighted by Crippen LogP contribution is -2.37. The number of amides is 1. The van der Waals surface area contributed by atoms with E-state index in [-0.39, 0.29) is 5.78 Å². The summed E-state index contributed by atoms with van der Waals surface area (Å²) in [6, 6.07) is -0.464. The largest absolute Gasteiger partial charge is 0.450 e. The van der Waals surface area contributed by atoms with E-state index in [0.29, 0.717) is 6.61 Å². The summed E-state index contributed by atoms with van der Waals surface area (Å²) < 4.78 is 4.71. The second-order valence-corrected chi connectivity index (χ2v) is 2.61. The number of ketones is 1. The van der Waals surface area contributed by atoms with Crippen molar-refractivity contribution < 1.29 is 14.3 Å². The van der Waals surface area contributed by atoms with E-state index in [0.717, 1.165) is 6.42 Å². The van der Waals surface area contributed by atoms with Crippen molar-refractivity contribution in [3.63, 3.8) is 0 Å². The van der Waals surface area contributed by atoms with Crippen molar-refractivity contribution >= 4 is 11.9 Å². The van der Waals surface area contributed by atoms with Crippen LogP contribution in [0.3, 0.4) is 0 Å². The van der Waals surface area contributed by atoms with Gasteiger partial charge in [-0.1, -0.05) is 6.92 Å². The molecular weight excluding hydrogens is 158 g/mol. The Bertz CT molecular complexity index is 168. The van der Waals surface area contributed by atoms with E-state index < -0.39 is 12.1 Å². The number of carbonyl (C=O) groups excluding carboxylic acids is 2. The van der Waals surface area contributed by atoms with Crippen LogP contribution in [0.5, 0.6) is 0 Å². The zero-order valence-electron chi connectivity index (χ0n) is 7.72. The summed E-state index contributed by atoms with van der Waals surface area (Å²) in [7, 11) is 0. The normalized spacial score (nSPS) is 11.9. The zero-order chi connectivity index (χ0) is 9.56. The minimum absolute atomic E-state index is 0.0801. The molecule has 0 aromatic rings. The summed E-state index contributed by atoms with van der Waals surface area (Å²) in [5.74, 6) is -0.0801. The Morgan fingerprint density at radius 1 is 1.50 bits per heavy atom. The van der Waals surface area contributed by atoms with Crippen molar-refractivity contribution in [2.24, 2.45) is 0 Å². The minimum atomic E-state index is -0.528. The van der Waals surface area contributed by atoms with Crippen molar-refractivity contribution in [1.29, 1.82) is 0 Å². The van der Waals surface area contributed by atoms with Gasteiger partial charge in [0.05, 0.1) is 12.6 Å². The maximum absolute atomic E-state index is 10.8. The average Bonchev–Trinajstić information content (AvgIpc) is 2.00. The molecule has 0 aromatic heterocycles. The Labute approximate surface area is 72.3 Å². The third-order valence-corrected chi connectivity index (χ3v) is 1.38. The molecule has 0 aliphatic carbocycles. The van der Waals surface area contributed by atoms with Crippen LogP contribution in [0.1, 0.15) is 27.2 Å². The molecule has 1 N–H and O–H groups in total. The highest BCUT2D eigenvalue weighted by molar-refractivity contribution is 5.84. The van der Waals surface area contributed by atoms with E-state index >= 15 is 0 Å². The first kappa shape index (κ1) is 10.9. The Balaban J connectivity index is 3.61. The molecule has 0 fully saturated rings. The predicted molar refractivity (Wildman–Crippen MR) is 44.9 cm³/mol. The van der Waals surface area contributed by atoms with Crippen molar-refractivity contribution in [3.05, 3.63) is 0 Å². The van der Waals surface area contributed by atoms with Crippen LogP contribution in [0.25, 0.3) is 0 Å². The number of hydrogen-bond donors (Lipinski definition) is 1. The summed E-state index contributed by atoms with van der Waals surface area (Å²) in [4.78, 5) is 21.5. The van der Waals surface area contributed by atoms with Crippen LogP contribution in [0, 0.1) is 0 Å². The Morgan fingerprint density at radius 3 is 2.50 bits per heavy atom. The maximum Gasteiger partial charge on any atom is 0.407 e. The second-order valence-electron chi connectivity index (χ2n) is 2.61. The number of Topliss-reactive ketones (excluding diaryl/α,β-unsaturated/α-hetero) is 1. The quantitative estimate of drug-likeness (QED) is 0.692. The first-order valence-corrected chi connectivity index (χ1v) is 4.01. The van der Waals surface area contributed by atoms with Crippen LogP contribution in [0.2, 0.25) is 0 Å². The van der Waals surface area contributed by atoms with Gasteiger partial charge in [-0.3, -0.25) is 4.79 Å². The maximum atomic E-state index is 10.8. The SMILES string of the molecule is CCCOC(=O)NC(C)C(C)=O. The average molecular weight is 173 g/mol. The van der Waals surface area contributed by atoms with Gasteiger partial charge in [0.15, 0.2) is 5.78 Å². The highest BCUT2D eigenvalue weighted by Crippen LogP contribution is 1.87. The van der Waals surface area contributed by atoms with Crippen LogP contribution in [0.15, 0.2) is 0 Å². The fourth-order valence-electron chi connectivity index (χ4n) is 0.515. The molecule has 4 heteroatoms. The summed E-state index contributed by atoms with van der Waals surface area (Å²) in [5, 5.41) is 2.40. The monoisotopic (exact) mass is 173 g/mol. The van der Waals surface area contributed by atoms with Crippen molar-refractivity contribution in [1.82, 2.24) is 5.32 Å². The van der Waals surface area contributed by atoms with Crippen LogP contribution >= 0.6 is 0 Å². The number of ether oxygens (including phenoxy) is 1. The van der Waals surface area contributed by atoms with Crippen molar-refractivity contribution in [2.45, 2.75) is 33.2 Å². The molecule has 1 unspecified atom stereocenters. The number of alkyl carbamates (subject to hydrolysis) is 1. The van der Waals surface area contributed by atoms with E-state index in [1.807, 2.05) is 6.92 Å². The molecule has 0 heterocycles. The fraction of sp³-hybridized carbons (Fsp3) is 0.750. The lowest BCUT2D eigenvalue weighted by atomic mass is 10.2. The molecule has 4 nitrogen and oxygen atoms in total. The van der Waals surface area contributed by atoms with Gasteiger partial charge < -0.3 is 10.1 Å². The molecular formula is C8H15NO3. The van der Waals surface area contributed by atoms with Crippen LogP contribution in [0.4, 0.5) is 4.79 Å². The van der Waals surface area contributed by atoms with Gasteiger partial charge in [0.1, 0.15) is 0 Å². The lowest BCUT2D eigenvalue weighted by Gasteiger charge is -2.09. The number of rotatable bonds is 4. The predicted octanol–water partition coefficient (Wildman–Crippen LogP) is 1.10. The molecule has 1 atom stereocenters. The van der Waals surface area contributed by atoms with Gasteiger partial charge in [-0.25, -0.2) is 4.79 Å². The topological polar surface area (TPSA) is 55.4 Å². The van der Waals surface area contributed by atoms with E-state index in [2.05, 4.69) is 5.32 Å². The molecule has 12 heavy (non-hydrogen) atoms. The molecule has 0 saturated carbocycles. The fourth-order valence-corrected chi connectivity index (χ4v) is 0.515. The number of nitrogens with one attached hydrogen (secondary N) is 1. The van der Waals surface area contributed by atoms with Gasteiger partial charge in [-0.05, 0) is 20.3 Å². The van der Waals surface area contributed by atoms with E-state index in [1.165, 1.54) is 6.92 Å². The second kappa shape index (κ2) is 5.57. The summed E-state index contributed by atoms with van der Waals surface area (Å²) in [6.45, 7) is 5.33. The van der Waals surface area contributed by atoms with E-state index in [1.54, 1.807) is 6.92 Å². The molecule has 70 valence electrons. The van der Waals surface area contributed by atoms with Crippen LogP contribution < -0.4 is 5.32 Å². The first-order valence-electron chi connectivity index (χ1n) is 4.01. The zero-order valence-corrected chi connectivity index (χ0v) is 7.72. The van der Waals surface area contributed by atoms with Crippen LogP contribution in [-0.2, 0) is 9.53 Å². The Hall–Kier alpha value is -1.06. The number of hydrogen-bond acceptors (Lipinski definition) is 3. The molecule has 0 aliphatic heterocycles. The van der Waals surface area contributed by atoms with E-state index in [4.69, 9.17) is 4.74 Å². The smallest absolute Gasteiger partial charge is 0.407 e. The molecule has 0 aliphatic rings. The van der Waals surface area contributed by atoms with Gasteiger partial charge in [0, 0.05) is 0 Å². The molecule has 0 radical (unpaired) electrons.